The summed E-state index contributed by atoms with van der Waals surface area (Å²) in [5, 5.41) is 12.4. The van der Waals surface area contributed by atoms with Crippen LogP contribution in [0, 0.1) is 20.8 Å². The Labute approximate surface area is 112 Å². The molecule has 1 heterocycles. The molecular weight excluding hydrogens is 240 g/mol. The minimum atomic E-state index is -0.943. The number of carboxylic acids is 1. The minimum Gasteiger partial charge on any atom is -0.478 e. The molecule has 0 amide bonds. The second kappa shape index (κ2) is 5.10. The Morgan fingerprint density at radius 3 is 2.58 bits per heavy atom. The van der Waals surface area contributed by atoms with Gasteiger partial charge in [0.15, 0.2) is 0 Å². The summed E-state index contributed by atoms with van der Waals surface area (Å²) in [4.78, 5) is 15.5. The maximum atomic E-state index is 11.2. The van der Waals surface area contributed by atoms with E-state index in [1.807, 2.05) is 32.9 Å². The van der Waals surface area contributed by atoms with Crippen LogP contribution in [0.2, 0.25) is 0 Å². The fourth-order valence-corrected chi connectivity index (χ4v) is 1.97. The number of carbonyl (C=O) groups is 1. The van der Waals surface area contributed by atoms with Crippen molar-refractivity contribution in [3.05, 3.63) is 52.8 Å². The van der Waals surface area contributed by atoms with Gasteiger partial charge in [-0.1, -0.05) is 6.07 Å². The molecule has 0 unspecified atom stereocenters. The first kappa shape index (κ1) is 13.1. The number of aromatic nitrogens is 1. The van der Waals surface area contributed by atoms with E-state index in [9.17, 15) is 9.90 Å². The van der Waals surface area contributed by atoms with Crippen molar-refractivity contribution in [1.82, 2.24) is 4.98 Å². The lowest BCUT2D eigenvalue weighted by Crippen LogP contribution is -2.05. The van der Waals surface area contributed by atoms with Crippen LogP contribution in [0.4, 0.5) is 11.4 Å². The van der Waals surface area contributed by atoms with Crippen LogP contribution in [0.1, 0.15) is 27.2 Å². The molecule has 0 saturated carbocycles. The van der Waals surface area contributed by atoms with Gasteiger partial charge in [-0.25, -0.2) is 4.79 Å². The molecule has 19 heavy (non-hydrogen) atoms. The average Bonchev–Trinajstić information content (AvgIpc) is 2.33. The van der Waals surface area contributed by atoms with E-state index in [0.717, 1.165) is 22.5 Å². The SMILES string of the molecule is Cc1ccc(C(=O)O)c(Nc2c(C)ccnc2C)c1. The van der Waals surface area contributed by atoms with Crippen LogP contribution in [-0.2, 0) is 0 Å². The Bertz CT molecular complexity index is 616. The number of aryl methyl sites for hydroxylation is 3. The molecule has 0 saturated heterocycles. The molecule has 0 aliphatic carbocycles. The number of anilines is 2. The highest BCUT2D eigenvalue weighted by atomic mass is 16.4. The number of benzene rings is 1. The number of hydrogen-bond donors (Lipinski definition) is 2. The average molecular weight is 256 g/mol. The molecule has 1 aromatic carbocycles. The van der Waals surface area contributed by atoms with E-state index < -0.39 is 5.97 Å². The Kier molecular flexibility index (Phi) is 3.51. The third kappa shape index (κ3) is 2.73. The van der Waals surface area contributed by atoms with E-state index in [2.05, 4.69) is 10.3 Å². The molecule has 0 aliphatic heterocycles. The molecule has 2 N–H and O–H groups in total. The van der Waals surface area contributed by atoms with Gasteiger partial charge < -0.3 is 10.4 Å². The minimum absolute atomic E-state index is 0.258. The molecule has 0 atom stereocenters. The van der Waals surface area contributed by atoms with Crippen molar-refractivity contribution >= 4 is 17.3 Å². The highest BCUT2D eigenvalue weighted by Gasteiger charge is 2.12. The predicted octanol–water partition coefficient (Wildman–Crippen LogP) is 3.45. The Hall–Kier alpha value is -2.36. The summed E-state index contributed by atoms with van der Waals surface area (Å²) in [5.41, 5.74) is 4.59. The fourth-order valence-electron chi connectivity index (χ4n) is 1.97. The Morgan fingerprint density at radius 2 is 1.95 bits per heavy atom. The molecule has 1 aromatic heterocycles. The van der Waals surface area contributed by atoms with Gasteiger partial charge in [-0.05, 0) is 50.1 Å². The number of nitrogens with zero attached hydrogens (tertiary/aromatic N) is 1. The van der Waals surface area contributed by atoms with Crippen molar-refractivity contribution in [1.29, 1.82) is 0 Å². The first-order chi connectivity index (χ1) is 8.99. The van der Waals surface area contributed by atoms with Crippen LogP contribution in [0.15, 0.2) is 30.5 Å². The smallest absolute Gasteiger partial charge is 0.337 e. The van der Waals surface area contributed by atoms with Gasteiger partial charge in [-0.15, -0.1) is 0 Å². The molecule has 0 aliphatic rings. The third-order valence-electron chi connectivity index (χ3n) is 3.01. The lowest BCUT2D eigenvalue weighted by Gasteiger charge is -2.14. The molecule has 0 radical (unpaired) electrons. The van der Waals surface area contributed by atoms with Gasteiger partial charge >= 0.3 is 5.97 Å². The number of rotatable bonds is 3. The Morgan fingerprint density at radius 1 is 1.21 bits per heavy atom. The highest BCUT2D eigenvalue weighted by Crippen LogP contribution is 2.26. The lowest BCUT2D eigenvalue weighted by atomic mass is 10.1. The van der Waals surface area contributed by atoms with Gasteiger partial charge in [0, 0.05) is 6.20 Å². The van der Waals surface area contributed by atoms with E-state index in [0.29, 0.717) is 5.69 Å². The summed E-state index contributed by atoms with van der Waals surface area (Å²) in [6, 6.07) is 7.12. The maximum Gasteiger partial charge on any atom is 0.337 e. The first-order valence-corrected chi connectivity index (χ1v) is 6.02. The van der Waals surface area contributed by atoms with E-state index in [4.69, 9.17) is 0 Å². The van der Waals surface area contributed by atoms with Gasteiger partial charge in [0.05, 0.1) is 22.6 Å². The van der Waals surface area contributed by atoms with Gasteiger partial charge in [0.25, 0.3) is 0 Å². The van der Waals surface area contributed by atoms with E-state index in [-0.39, 0.29) is 5.56 Å². The van der Waals surface area contributed by atoms with E-state index in [1.54, 1.807) is 18.3 Å². The second-order valence-electron chi connectivity index (χ2n) is 4.57. The number of pyridine rings is 1. The van der Waals surface area contributed by atoms with Crippen molar-refractivity contribution in [2.45, 2.75) is 20.8 Å². The van der Waals surface area contributed by atoms with Crippen molar-refractivity contribution in [2.75, 3.05) is 5.32 Å². The van der Waals surface area contributed by atoms with Gasteiger partial charge in [-0.2, -0.15) is 0 Å². The van der Waals surface area contributed by atoms with Gasteiger partial charge in [-0.3, -0.25) is 4.98 Å². The zero-order chi connectivity index (χ0) is 14.0. The summed E-state index contributed by atoms with van der Waals surface area (Å²) in [6.45, 7) is 5.79. The summed E-state index contributed by atoms with van der Waals surface area (Å²) in [6.07, 6.45) is 1.74. The first-order valence-electron chi connectivity index (χ1n) is 6.02. The topological polar surface area (TPSA) is 62.2 Å². The quantitative estimate of drug-likeness (QED) is 0.883. The monoisotopic (exact) mass is 256 g/mol. The predicted molar refractivity (Wildman–Crippen MR) is 75.1 cm³/mol. The standard InChI is InChI=1S/C15H16N2O2/c1-9-4-5-12(15(18)19)13(8-9)17-14-10(2)6-7-16-11(14)3/h4-8,17H,1-3H3,(H,18,19). The zero-order valence-electron chi connectivity index (χ0n) is 11.2. The van der Waals surface area contributed by atoms with Crippen LogP contribution < -0.4 is 5.32 Å². The molecule has 0 bridgehead atoms. The number of hydrogen-bond acceptors (Lipinski definition) is 3. The lowest BCUT2D eigenvalue weighted by molar-refractivity contribution is 0.0698. The molecule has 0 fully saturated rings. The summed E-state index contributed by atoms with van der Waals surface area (Å²) in [5.74, 6) is -0.943. The van der Waals surface area contributed by atoms with Crippen LogP contribution in [0.25, 0.3) is 0 Å². The van der Waals surface area contributed by atoms with E-state index >= 15 is 0 Å². The molecular formula is C15H16N2O2. The third-order valence-corrected chi connectivity index (χ3v) is 3.01. The largest absolute Gasteiger partial charge is 0.478 e. The van der Waals surface area contributed by atoms with Crippen molar-refractivity contribution in [2.24, 2.45) is 0 Å². The van der Waals surface area contributed by atoms with Crippen molar-refractivity contribution in [3.8, 4) is 0 Å². The van der Waals surface area contributed by atoms with Crippen molar-refractivity contribution < 1.29 is 9.90 Å². The van der Waals surface area contributed by atoms with E-state index in [1.165, 1.54) is 0 Å². The van der Waals surface area contributed by atoms with Crippen molar-refractivity contribution in [3.63, 3.8) is 0 Å². The number of aromatic carboxylic acids is 1. The van der Waals surface area contributed by atoms with Crippen LogP contribution in [0.3, 0.4) is 0 Å². The molecule has 4 heteroatoms. The molecule has 98 valence electrons. The fraction of sp³-hybridized carbons (Fsp3) is 0.200. The molecule has 2 rings (SSSR count). The second-order valence-corrected chi connectivity index (χ2v) is 4.57. The molecule has 4 nitrogen and oxygen atoms in total. The number of nitrogens with one attached hydrogen (secondary N) is 1. The zero-order valence-corrected chi connectivity index (χ0v) is 11.2. The van der Waals surface area contributed by atoms with Gasteiger partial charge in [0.2, 0.25) is 0 Å². The Balaban J connectivity index is 2.49. The highest BCUT2D eigenvalue weighted by molar-refractivity contribution is 5.95. The molecule has 0 spiro atoms. The summed E-state index contributed by atoms with van der Waals surface area (Å²) >= 11 is 0. The molecule has 2 aromatic rings. The maximum absolute atomic E-state index is 11.2. The summed E-state index contributed by atoms with van der Waals surface area (Å²) in [7, 11) is 0. The van der Waals surface area contributed by atoms with Crippen LogP contribution in [-0.4, -0.2) is 16.1 Å². The number of carboxylic acid groups (broad SMARTS) is 1. The van der Waals surface area contributed by atoms with Crippen LogP contribution >= 0.6 is 0 Å². The van der Waals surface area contributed by atoms with Gasteiger partial charge in [0.1, 0.15) is 0 Å². The van der Waals surface area contributed by atoms with Crippen LogP contribution in [0.5, 0.6) is 0 Å². The normalized spacial score (nSPS) is 10.3. The summed E-state index contributed by atoms with van der Waals surface area (Å²) < 4.78 is 0.